The normalized spacial score (nSPS) is 10.6. The van der Waals surface area contributed by atoms with Crippen molar-refractivity contribution in [3.63, 3.8) is 0 Å². The van der Waals surface area contributed by atoms with Crippen LogP contribution in [0.1, 0.15) is 11.3 Å². The predicted octanol–water partition coefficient (Wildman–Crippen LogP) is 2.61. The molecule has 17 heavy (non-hydrogen) atoms. The number of hydrogen-bond donors (Lipinski definition) is 1. The maximum absolute atomic E-state index is 11.5. The molecule has 0 radical (unpaired) electrons. The fourth-order valence-corrected chi connectivity index (χ4v) is 1.39. The van der Waals surface area contributed by atoms with Crippen molar-refractivity contribution in [2.45, 2.75) is 6.54 Å². The lowest BCUT2D eigenvalue weighted by Gasteiger charge is -2.01. The number of rotatable bonds is 4. The minimum Gasteiger partial charge on any atom is -0.465 e. The topological polar surface area (TPSA) is 42.2 Å². The summed E-state index contributed by atoms with van der Waals surface area (Å²) in [6, 6.07) is 13.3. The van der Waals surface area contributed by atoms with Crippen LogP contribution in [0.2, 0.25) is 0 Å². The Hall–Kier alpha value is -2.29. The van der Waals surface area contributed by atoms with E-state index in [1.165, 1.54) is 6.08 Å². The summed E-state index contributed by atoms with van der Waals surface area (Å²) < 4.78 is 5.08. The van der Waals surface area contributed by atoms with E-state index in [2.05, 4.69) is 5.32 Å². The van der Waals surface area contributed by atoms with E-state index in [9.17, 15) is 4.79 Å². The molecule has 1 aromatic carbocycles. The van der Waals surface area contributed by atoms with Gasteiger partial charge in [0.15, 0.2) is 0 Å². The molecule has 0 aliphatic carbocycles. The van der Waals surface area contributed by atoms with Gasteiger partial charge >= 0.3 is 0 Å². The summed E-state index contributed by atoms with van der Waals surface area (Å²) in [4.78, 5) is 11.5. The van der Waals surface area contributed by atoms with Gasteiger partial charge in [0.1, 0.15) is 5.76 Å². The highest BCUT2D eigenvalue weighted by Gasteiger charge is 1.96. The molecule has 2 aromatic rings. The van der Waals surface area contributed by atoms with Gasteiger partial charge in [-0.1, -0.05) is 30.3 Å². The van der Waals surface area contributed by atoms with E-state index in [-0.39, 0.29) is 5.91 Å². The maximum Gasteiger partial charge on any atom is 0.244 e. The molecular formula is C14H13NO2. The van der Waals surface area contributed by atoms with Crippen molar-refractivity contribution in [2.75, 3.05) is 0 Å². The quantitative estimate of drug-likeness (QED) is 0.816. The third-order valence-electron chi connectivity index (χ3n) is 2.25. The van der Waals surface area contributed by atoms with Gasteiger partial charge in [0.25, 0.3) is 0 Å². The Balaban J connectivity index is 1.82. The Kier molecular flexibility index (Phi) is 3.76. The summed E-state index contributed by atoms with van der Waals surface area (Å²) >= 11 is 0. The van der Waals surface area contributed by atoms with Gasteiger partial charge in [0.05, 0.1) is 6.26 Å². The van der Waals surface area contributed by atoms with Crippen LogP contribution in [-0.2, 0) is 11.3 Å². The number of amides is 1. The second-order valence-corrected chi connectivity index (χ2v) is 3.55. The molecule has 0 saturated heterocycles. The first-order valence-corrected chi connectivity index (χ1v) is 5.38. The molecule has 0 bridgehead atoms. The molecule has 0 unspecified atom stereocenters. The highest BCUT2D eigenvalue weighted by atomic mass is 16.3. The zero-order chi connectivity index (χ0) is 11.9. The van der Waals surface area contributed by atoms with E-state index in [0.29, 0.717) is 12.3 Å². The molecule has 3 nitrogen and oxygen atoms in total. The minimum atomic E-state index is -0.134. The van der Waals surface area contributed by atoms with Gasteiger partial charge in [-0.15, -0.1) is 0 Å². The largest absolute Gasteiger partial charge is 0.465 e. The second-order valence-electron chi connectivity index (χ2n) is 3.55. The molecular weight excluding hydrogens is 214 g/mol. The Labute approximate surface area is 99.8 Å². The highest BCUT2D eigenvalue weighted by Crippen LogP contribution is 2.02. The summed E-state index contributed by atoms with van der Waals surface area (Å²) in [5.74, 6) is 0.533. The van der Waals surface area contributed by atoms with Crippen molar-refractivity contribution in [2.24, 2.45) is 0 Å². The lowest BCUT2D eigenvalue weighted by Crippen LogP contribution is -2.20. The van der Waals surface area contributed by atoms with Gasteiger partial charge in [0, 0.05) is 12.6 Å². The van der Waals surface area contributed by atoms with Gasteiger partial charge in [-0.05, 0) is 23.8 Å². The SMILES string of the molecule is O=C(C=Cc1ccco1)NCc1ccccc1. The zero-order valence-corrected chi connectivity index (χ0v) is 9.30. The Bertz CT molecular complexity index is 486. The van der Waals surface area contributed by atoms with Crippen molar-refractivity contribution in [3.8, 4) is 0 Å². The minimum absolute atomic E-state index is 0.134. The van der Waals surface area contributed by atoms with E-state index in [1.54, 1.807) is 24.5 Å². The molecule has 0 spiro atoms. The van der Waals surface area contributed by atoms with Gasteiger partial charge < -0.3 is 9.73 Å². The monoisotopic (exact) mass is 227 g/mol. The molecule has 0 saturated carbocycles. The summed E-state index contributed by atoms with van der Waals surface area (Å²) in [6.07, 6.45) is 4.67. The summed E-state index contributed by atoms with van der Waals surface area (Å²) in [6.45, 7) is 0.530. The van der Waals surface area contributed by atoms with Crippen molar-refractivity contribution in [1.29, 1.82) is 0 Å². The van der Waals surface area contributed by atoms with E-state index < -0.39 is 0 Å². The Morgan fingerprint density at radius 2 is 2.00 bits per heavy atom. The van der Waals surface area contributed by atoms with E-state index in [0.717, 1.165) is 5.56 Å². The molecule has 1 amide bonds. The third-order valence-corrected chi connectivity index (χ3v) is 2.25. The molecule has 0 fully saturated rings. The number of hydrogen-bond acceptors (Lipinski definition) is 2. The average Bonchev–Trinajstić information content (AvgIpc) is 2.88. The molecule has 86 valence electrons. The van der Waals surface area contributed by atoms with Crippen molar-refractivity contribution < 1.29 is 9.21 Å². The summed E-state index contributed by atoms with van der Waals surface area (Å²) in [7, 11) is 0. The first kappa shape index (κ1) is 11.2. The van der Waals surface area contributed by atoms with Crippen LogP contribution in [0.15, 0.2) is 59.2 Å². The molecule has 3 heteroatoms. The lowest BCUT2D eigenvalue weighted by atomic mass is 10.2. The van der Waals surface area contributed by atoms with Crippen LogP contribution in [0.25, 0.3) is 6.08 Å². The predicted molar refractivity (Wildman–Crippen MR) is 66.0 cm³/mol. The van der Waals surface area contributed by atoms with Gasteiger partial charge in [-0.3, -0.25) is 4.79 Å². The molecule has 2 rings (SSSR count). The number of furan rings is 1. The van der Waals surface area contributed by atoms with Crippen LogP contribution >= 0.6 is 0 Å². The van der Waals surface area contributed by atoms with Crippen LogP contribution in [0, 0.1) is 0 Å². The molecule has 1 N–H and O–H groups in total. The fraction of sp³-hybridized carbons (Fsp3) is 0.0714. The van der Waals surface area contributed by atoms with Crippen LogP contribution in [0.4, 0.5) is 0 Å². The van der Waals surface area contributed by atoms with Crippen LogP contribution < -0.4 is 5.32 Å². The molecule has 0 aliphatic rings. The molecule has 1 aromatic heterocycles. The highest BCUT2D eigenvalue weighted by molar-refractivity contribution is 5.91. The van der Waals surface area contributed by atoms with Crippen LogP contribution in [-0.4, -0.2) is 5.91 Å². The lowest BCUT2D eigenvalue weighted by molar-refractivity contribution is -0.116. The first-order chi connectivity index (χ1) is 8.34. The summed E-state index contributed by atoms with van der Waals surface area (Å²) in [5, 5.41) is 2.79. The second kappa shape index (κ2) is 5.70. The molecule has 1 heterocycles. The van der Waals surface area contributed by atoms with E-state index in [1.807, 2.05) is 30.3 Å². The Morgan fingerprint density at radius 3 is 2.71 bits per heavy atom. The summed E-state index contributed by atoms with van der Waals surface area (Å²) in [5.41, 5.74) is 1.08. The van der Waals surface area contributed by atoms with Crippen molar-refractivity contribution >= 4 is 12.0 Å². The third kappa shape index (κ3) is 3.65. The Morgan fingerprint density at radius 1 is 1.18 bits per heavy atom. The first-order valence-electron chi connectivity index (χ1n) is 5.38. The molecule has 0 aliphatic heterocycles. The maximum atomic E-state index is 11.5. The van der Waals surface area contributed by atoms with Gasteiger partial charge in [-0.25, -0.2) is 0 Å². The standard InChI is InChI=1S/C14H13NO2/c16-14(9-8-13-7-4-10-17-13)15-11-12-5-2-1-3-6-12/h1-10H,11H2,(H,15,16). The molecule has 0 atom stereocenters. The average molecular weight is 227 g/mol. The number of nitrogens with one attached hydrogen (secondary N) is 1. The van der Waals surface area contributed by atoms with Crippen molar-refractivity contribution in [1.82, 2.24) is 5.32 Å². The van der Waals surface area contributed by atoms with Gasteiger partial charge in [-0.2, -0.15) is 0 Å². The van der Waals surface area contributed by atoms with Crippen LogP contribution in [0.5, 0.6) is 0 Å². The van der Waals surface area contributed by atoms with Crippen molar-refractivity contribution in [3.05, 3.63) is 66.1 Å². The fourth-order valence-electron chi connectivity index (χ4n) is 1.39. The van der Waals surface area contributed by atoms with E-state index in [4.69, 9.17) is 4.42 Å². The van der Waals surface area contributed by atoms with Gasteiger partial charge in [0.2, 0.25) is 5.91 Å². The smallest absolute Gasteiger partial charge is 0.244 e. The number of benzene rings is 1. The number of carbonyl (C=O) groups is 1. The number of carbonyl (C=O) groups excluding carboxylic acids is 1. The zero-order valence-electron chi connectivity index (χ0n) is 9.30. The van der Waals surface area contributed by atoms with E-state index >= 15 is 0 Å². The van der Waals surface area contributed by atoms with Crippen LogP contribution in [0.3, 0.4) is 0 Å².